The zero-order chi connectivity index (χ0) is 17.1. The van der Waals surface area contributed by atoms with Crippen LogP contribution < -0.4 is 4.90 Å². The van der Waals surface area contributed by atoms with Crippen LogP contribution in [0.3, 0.4) is 0 Å². The predicted octanol–water partition coefficient (Wildman–Crippen LogP) is 4.85. The highest BCUT2D eigenvalue weighted by Gasteiger charge is 2.12. The molecule has 0 saturated heterocycles. The van der Waals surface area contributed by atoms with E-state index in [1.807, 2.05) is 80.5 Å². The fraction of sp³-hybridized carbons (Fsp3) is 0.158. The Morgan fingerprint density at radius 3 is 2.46 bits per heavy atom. The summed E-state index contributed by atoms with van der Waals surface area (Å²) in [7, 11) is 4.01. The first-order valence-electron chi connectivity index (χ1n) is 7.59. The van der Waals surface area contributed by atoms with Crippen molar-refractivity contribution in [1.29, 1.82) is 0 Å². The molecule has 0 saturated carbocycles. The summed E-state index contributed by atoms with van der Waals surface area (Å²) >= 11 is 6.34. The molecule has 1 aromatic heterocycles. The van der Waals surface area contributed by atoms with Gasteiger partial charge in [0.2, 0.25) is 5.82 Å². The van der Waals surface area contributed by atoms with Crippen LogP contribution in [-0.4, -0.2) is 24.2 Å². The van der Waals surface area contributed by atoms with Crippen molar-refractivity contribution in [3.63, 3.8) is 0 Å². The van der Waals surface area contributed by atoms with E-state index in [1.54, 1.807) is 0 Å². The zero-order valence-electron chi connectivity index (χ0n) is 13.8. The van der Waals surface area contributed by atoms with Gasteiger partial charge in [-0.2, -0.15) is 4.98 Å². The summed E-state index contributed by atoms with van der Waals surface area (Å²) in [6.07, 6.45) is 1.82. The molecule has 0 aliphatic heterocycles. The average molecular weight is 340 g/mol. The molecule has 3 rings (SSSR count). The minimum atomic E-state index is 0.312. The molecule has 0 aliphatic rings. The normalized spacial score (nSPS) is 11.6. The van der Waals surface area contributed by atoms with E-state index in [2.05, 4.69) is 10.1 Å². The van der Waals surface area contributed by atoms with Gasteiger partial charge in [0.05, 0.1) is 0 Å². The Morgan fingerprint density at radius 2 is 1.79 bits per heavy atom. The molecule has 24 heavy (non-hydrogen) atoms. The standard InChI is InChI=1S/C19H18ClN3O/c1-13-6-4-5-7-16(13)18-21-19(24-22-18)17(20)12-14-8-10-15(11-9-14)23(2)3/h4-12H,1-3H3/b17-12-. The minimum absolute atomic E-state index is 0.312. The number of hydrogen-bond donors (Lipinski definition) is 0. The maximum absolute atomic E-state index is 6.34. The van der Waals surface area contributed by atoms with Gasteiger partial charge in [0.1, 0.15) is 5.03 Å². The lowest BCUT2D eigenvalue weighted by atomic mass is 10.1. The van der Waals surface area contributed by atoms with Crippen molar-refractivity contribution in [1.82, 2.24) is 10.1 Å². The third kappa shape index (κ3) is 3.49. The molecular formula is C19H18ClN3O. The summed E-state index contributed by atoms with van der Waals surface area (Å²) in [5, 5.41) is 4.45. The number of benzene rings is 2. The largest absolute Gasteiger partial charge is 0.378 e. The molecule has 2 aromatic carbocycles. The Labute approximate surface area is 146 Å². The Hall–Kier alpha value is -2.59. The molecule has 1 heterocycles. The van der Waals surface area contributed by atoms with Crippen LogP contribution in [0.25, 0.3) is 22.5 Å². The van der Waals surface area contributed by atoms with E-state index in [0.717, 1.165) is 22.4 Å². The Balaban J connectivity index is 1.85. The highest BCUT2D eigenvalue weighted by atomic mass is 35.5. The van der Waals surface area contributed by atoms with Crippen LogP contribution in [0, 0.1) is 6.92 Å². The van der Waals surface area contributed by atoms with E-state index in [0.29, 0.717) is 16.7 Å². The molecule has 3 aromatic rings. The van der Waals surface area contributed by atoms with Gasteiger partial charge in [0, 0.05) is 25.3 Å². The summed E-state index contributed by atoms with van der Waals surface area (Å²) in [5.41, 5.74) is 4.13. The van der Waals surface area contributed by atoms with E-state index in [-0.39, 0.29) is 0 Å². The highest BCUT2D eigenvalue weighted by Crippen LogP contribution is 2.26. The zero-order valence-corrected chi connectivity index (χ0v) is 14.6. The summed E-state index contributed by atoms with van der Waals surface area (Å²) in [4.78, 5) is 6.44. The van der Waals surface area contributed by atoms with Crippen LogP contribution >= 0.6 is 11.6 Å². The predicted molar refractivity (Wildman–Crippen MR) is 99.0 cm³/mol. The van der Waals surface area contributed by atoms with Crippen LogP contribution in [0.5, 0.6) is 0 Å². The summed E-state index contributed by atoms with van der Waals surface area (Å²) < 4.78 is 5.30. The molecule has 122 valence electrons. The molecule has 0 N–H and O–H groups in total. The lowest BCUT2D eigenvalue weighted by Gasteiger charge is -2.11. The highest BCUT2D eigenvalue weighted by molar-refractivity contribution is 6.50. The van der Waals surface area contributed by atoms with E-state index in [9.17, 15) is 0 Å². The molecular weight excluding hydrogens is 322 g/mol. The second kappa shape index (κ2) is 6.89. The van der Waals surface area contributed by atoms with E-state index < -0.39 is 0 Å². The monoisotopic (exact) mass is 339 g/mol. The first kappa shape index (κ1) is 16.3. The van der Waals surface area contributed by atoms with Crippen molar-refractivity contribution in [3.8, 4) is 11.4 Å². The van der Waals surface area contributed by atoms with Crippen LogP contribution in [0.1, 0.15) is 17.0 Å². The first-order valence-corrected chi connectivity index (χ1v) is 7.97. The minimum Gasteiger partial charge on any atom is -0.378 e. The van der Waals surface area contributed by atoms with Crippen LogP contribution in [0.2, 0.25) is 0 Å². The first-order chi connectivity index (χ1) is 11.5. The summed E-state index contributed by atoms with van der Waals surface area (Å²) in [6.45, 7) is 2.01. The Kier molecular flexibility index (Phi) is 4.67. The van der Waals surface area contributed by atoms with Gasteiger partial charge in [-0.3, -0.25) is 0 Å². The van der Waals surface area contributed by atoms with E-state index in [1.165, 1.54) is 0 Å². The maximum atomic E-state index is 6.34. The average Bonchev–Trinajstić information content (AvgIpc) is 3.05. The fourth-order valence-corrected chi connectivity index (χ4v) is 2.53. The number of aromatic nitrogens is 2. The van der Waals surface area contributed by atoms with Gasteiger partial charge in [-0.05, 0) is 36.3 Å². The van der Waals surface area contributed by atoms with Crippen molar-refractivity contribution in [2.45, 2.75) is 6.92 Å². The third-order valence-electron chi connectivity index (χ3n) is 3.72. The molecule has 0 amide bonds. The van der Waals surface area contributed by atoms with Crippen molar-refractivity contribution >= 4 is 28.4 Å². The molecule has 0 spiro atoms. The number of rotatable bonds is 4. The van der Waals surface area contributed by atoms with Gasteiger partial charge in [-0.15, -0.1) is 0 Å². The number of nitrogens with zero attached hydrogens (tertiary/aromatic N) is 3. The van der Waals surface area contributed by atoms with E-state index in [4.69, 9.17) is 16.1 Å². The van der Waals surface area contributed by atoms with Crippen molar-refractivity contribution in [2.24, 2.45) is 0 Å². The molecule has 0 radical (unpaired) electrons. The van der Waals surface area contributed by atoms with Gasteiger partial charge in [-0.1, -0.05) is 53.2 Å². The second-order valence-electron chi connectivity index (χ2n) is 5.72. The maximum Gasteiger partial charge on any atom is 0.269 e. The Morgan fingerprint density at radius 1 is 1.08 bits per heavy atom. The van der Waals surface area contributed by atoms with E-state index >= 15 is 0 Å². The van der Waals surface area contributed by atoms with Crippen LogP contribution in [0.15, 0.2) is 53.1 Å². The van der Waals surface area contributed by atoms with Gasteiger partial charge >= 0.3 is 0 Å². The van der Waals surface area contributed by atoms with Gasteiger partial charge in [0.15, 0.2) is 0 Å². The van der Waals surface area contributed by atoms with Gasteiger partial charge < -0.3 is 9.42 Å². The number of hydrogen-bond acceptors (Lipinski definition) is 4. The topological polar surface area (TPSA) is 42.2 Å². The van der Waals surface area contributed by atoms with Crippen molar-refractivity contribution < 1.29 is 4.52 Å². The molecule has 0 atom stereocenters. The lowest BCUT2D eigenvalue weighted by Crippen LogP contribution is -2.07. The van der Waals surface area contributed by atoms with Gasteiger partial charge in [0.25, 0.3) is 5.89 Å². The number of anilines is 1. The molecule has 0 fully saturated rings. The van der Waals surface area contributed by atoms with Crippen LogP contribution in [-0.2, 0) is 0 Å². The summed E-state index contributed by atoms with van der Waals surface area (Å²) in [5.74, 6) is 0.851. The molecule has 4 nitrogen and oxygen atoms in total. The third-order valence-corrected chi connectivity index (χ3v) is 3.99. The number of halogens is 1. The quantitative estimate of drug-likeness (QED) is 0.681. The molecule has 5 heteroatoms. The van der Waals surface area contributed by atoms with Crippen molar-refractivity contribution in [3.05, 3.63) is 65.5 Å². The lowest BCUT2D eigenvalue weighted by molar-refractivity contribution is 0.410. The second-order valence-corrected chi connectivity index (χ2v) is 6.12. The summed E-state index contributed by atoms with van der Waals surface area (Å²) in [6, 6.07) is 15.9. The Bertz CT molecular complexity index is 866. The van der Waals surface area contributed by atoms with Crippen LogP contribution in [0.4, 0.5) is 5.69 Å². The van der Waals surface area contributed by atoms with Crippen molar-refractivity contribution in [2.75, 3.05) is 19.0 Å². The molecule has 0 aliphatic carbocycles. The number of aryl methyl sites for hydroxylation is 1. The fourth-order valence-electron chi connectivity index (χ4n) is 2.33. The molecule has 0 bridgehead atoms. The smallest absolute Gasteiger partial charge is 0.269 e. The SMILES string of the molecule is Cc1ccccc1-c1noc(/C(Cl)=C/c2ccc(N(C)C)cc2)n1. The molecule has 0 unspecified atom stereocenters. The van der Waals surface area contributed by atoms with Gasteiger partial charge in [-0.25, -0.2) is 0 Å².